The van der Waals surface area contributed by atoms with Gasteiger partial charge in [-0.3, -0.25) is 4.90 Å². The first-order valence-corrected chi connectivity index (χ1v) is 8.10. The number of aromatic nitrogens is 2. The Morgan fingerprint density at radius 3 is 2.52 bits per heavy atom. The molecule has 0 aliphatic carbocycles. The third-order valence-electron chi connectivity index (χ3n) is 2.87. The second kappa shape index (κ2) is 8.89. The summed E-state index contributed by atoms with van der Waals surface area (Å²) in [6.45, 7) is 11.8. The lowest BCUT2D eigenvalue weighted by molar-refractivity contribution is -0.00715. The lowest BCUT2D eigenvalue weighted by Crippen LogP contribution is -2.28. The highest BCUT2D eigenvalue weighted by Gasteiger charge is 2.12. The SMILES string of the molecule is CCCN(CCCOC(C)(C)C)Cc1cnc(Cl)nc1Cl. The molecule has 0 N–H and O–H groups in total. The van der Waals surface area contributed by atoms with E-state index in [9.17, 15) is 0 Å². The summed E-state index contributed by atoms with van der Waals surface area (Å²) in [5, 5.41) is 0.617. The number of hydrogen-bond acceptors (Lipinski definition) is 4. The van der Waals surface area contributed by atoms with Gasteiger partial charge >= 0.3 is 0 Å². The Labute approximate surface area is 137 Å². The Bertz CT molecular complexity index is 435. The highest BCUT2D eigenvalue weighted by Crippen LogP contribution is 2.17. The van der Waals surface area contributed by atoms with Crippen molar-refractivity contribution in [2.45, 2.75) is 52.7 Å². The Balaban J connectivity index is 2.49. The van der Waals surface area contributed by atoms with Gasteiger partial charge in [-0.2, -0.15) is 0 Å². The predicted octanol–water partition coefficient (Wildman–Crippen LogP) is 4.20. The third kappa shape index (κ3) is 7.96. The van der Waals surface area contributed by atoms with E-state index in [1.165, 1.54) is 0 Å². The van der Waals surface area contributed by atoms with E-state index >= 15 is 0 Å². The van der Waals surface area contributed by atoms with Crippen molar-refractivity contribution in [2.24, 2.45) is 0 Å². The smallest absolute Gasteiger partial charge is 0.223 e. The normalized spacial score (nSPS) is 12.1. The molecule has 0 amide bonds. The first-order chi connectivity index (χ1) is 9.81. The maximum Gasteiger partial charge on any atom is 0.223 e. The fourth-order valence-electron chi connectivity index (χ4n) is 1.97. The van der Waals surface area contributed by atoms with Crippen molar-refractivity contribution in [1.29, 1.82) is 0 Å². The van der Waals surface area contributed by atoms with Crippen LogP contribution in [0.25, 0.3) is 0 Å². The van der Waals surface area contributed by atoms with E-state index in [1.807, 2.05) is 0 Å². The van der Waals surface area contributed by atoms with Gasteiger partial charge in [0.25, 0.3) is 0 Å². The molecule has 0 aromatic carbocycles. The van der Waals surface area contributed by atoms with Crippen LogP contribution >= 0.6 is 23.2 Å². The van der Waals surface area contributed by atoms with Gasteiger partial charge in [-0.15, -0.1) is 0 Å². The summed E-state index contributed by atoms with van der Waals surface area (Å²) >= 11 is 11.8. The van der Waals surface area contributed by atoms with Crippen LogP contribution in [0.4, 0.5) is 0 Å². The number of hydrogen-bond donors (Lipinski definition) is 0. The van der Waals surface area contributed by atoms with Gasteiger partial charge in [-0.05, 0) is 51.8 Å². The molecule has 0 unspecified atom stereocenters. The summed E-state index contributed by atoms with van der Waals surface area (Å²) in [5.41, 5.74) is 0.828. The minimum absolute atomic E-state index is 0.0804. The van der Waals surface area contributed by atoms with Crippen molar-refractivity contribution in [3.8, 4) is 0 Å². The lowest BCUT2D eigenvalue weighted by atomic mass is 10.2. The van der Waals surface area contributed by atoms with Crippen molar-refractivity contribution in [3.05, 3.63) is 22.2 Å². The van der Waals surface area contributed by atoms with E-state index in [2.05, 4.69) is 42.6 Å². The van der Waals surface area contributed by atoms with Gasteiger partial charge in [0.05, 0.1) is 5.60 Å². The minimum atomic E-state index is -0.0804. The van der Waals surface area contributed by atoms with Gasteiger partial charge in [0, 0.05) is 31.5 Å². The fourth-order valence-corrected chi connectivity index (χ4v) is 2.33. The quantitative estimate of drug-likeness (QED) is 0.406. The number of ether oxygens (including phenoxy) is 1. The molecule has 1 aromatic rings. The Morgan fingerprint density at radius 1 is 1.24 bits per heavy atom. The summed E-state index contributed by atoms with van der Waals surface area (Å²) in [5.74, 6) is 0. The monoisotopic (exact) mass is 333 g/mol. The number of nitrogens with zero attached hydrogens (tertiary/aromatic N) is 3. The first kappa shape index (κ1) is 18.6. The molecule has 120 valence electrons. The summed E-state index contributed by atoms with van der Waals surface area (Å²) in [4.78, 5) is 10.3. The van der Waals surface area contributed by atoms with Crippen molar-refractivity contribution in [2.75, 3.05) is 19.7 Å². The third-order valence-corrected chi connectivity index (χ3v) is 3.38. The summed E-state index contributed by atoms with van der Waals surface area (Å²) in [6, 6.07) is 0. The van der Waals surface area contributed by atoms with Gasteiger partial charge in [0.15, 0.2) is 0 Å². The first-order valence-electron chi connectivity index (χ1n) is 7.35. The largest absolute Gasteiger partial charge is 0.376 e. The molecule has 6 heteroatoms. The molecule has 4 nitrogen and oxygen atoms in total. The number of halogens is 2. The van der Waals surface area contributed by atoms with E-state index in [1.54, 1.807) is 6.20 Å². The van der Waals surface area contributed by atoms with Crippen LogP contribution in [0.5, 0.6) is 0 Å². The Kier molecular flexibility index (Phi) is 7.88. The van der Waals surface area contributed by atoms with Gasteiger partial charge < -0.3 is 4.74 Å². The highest BCUT2D eigenvalue weighted by molar-refractivity contribution is 6.32. The molecule has 0 saturated heterocycles. The second-order valence-corrected chi connectivity index (χ2v) is 6.74. The van der Waals surface area contributed by atoms with Crippen LogP contribution < -0.4 is 0 Å². The van der Waals surface area contributed by atoms with Crippen molar-refractivity contribution in [1.82, 2.24) is 14.9 Å². The van der Waals surface area contributed by atoms with Crippen LogP contribution in [0, 0.1) is 0 Å². The molecule has 0 fully saturated rings. The molecule has 0 saturated carbocycles. The van der Waals surface area contributed by atoms with Crippen LogP contribution in [-0.4, -0.2) is 40.2 Å². The average molecular weight is 334 g/mol. The highest BCUT2D eigenvalue weighted by atomic mass is 35.5. The molecular formula is C15H25Cl2N3O. The van der Waals surface area contributed by atoms with E-state index in [0.717, 1.165) is 44.6 Å². The van der Waals surface area contributed by atoms with Gasteiger partial charge in [-0.25, -0.2) is 9.97 Å². The topological polar surface area (TPSA) is 38.2 Å². The van der Waals surface area contributed by atoms with E-state index in [0.29, 0.717) is 5.15 Å². The predicted molar refractivity (Wildman–Crippen MR) is 87.9 cm³/mol. The maximum atomic E-state index is 6.11. The van der Waals surface area contributed by atoms with E-state index < -0.39 is 0 Å². The van der Waals surface area contributed by atoms with Gasteiger partial charge in [0.2, 0.25) is 5.28 Å². The summed E-state index contributed by atoms with van der Waals surface area (Å²) < 4.78 is 5.75. The van der Waals surface area contributed by atoms with Crippen molar-refractivity contribution < 1.29 is 4.74 Å². The molecule has 21 heavy (non-hydrogen) atoms. The zero-order chi connectivity index (χ0) is 15.9. The van der Waals surface area contributed by atoms with Crippen LogP contribution in [0.1, 0.15) is 46.1 Å². The second-order valence-electron chi connectivity index (χ2n) is 6.05. The zero-order valence-electron chi connectivity index (χ0n) is 13.3. The molecule has 0 bridgehead atoms. The van der Waals surface area contributed by atoms with Crippen molar-refractivity contribution in [3.63, 3.8) is 0 Å². The zero-order valence-corrected chi connectivity index (χ0v) is 14.8. The Hall–Kier alpha value is -0.420. The summed E-state index contributed by atoms with van der Waals surface area (Å²) in [7, 11) is 0. The van der Waals surface area contributed by atoms with E-state index in [4.69, 9.17) is 27.9 Å². The van der Waals surface area contributed by atoms with Gasteiger partial charge in [-0.1, -0.05) is 18.5 Å². The maximum absolute atomic E-state index is 6.11. The van der Waals surface area contributed by atoms with Crippen LogP contribution in [0.15, 0.2) is 6.20 Å². The van der Waals surface area contributed by atoms with Gasteiger partial charge in [0.1, 0.15) is 5.15 Å². The van der Waals surface area contributed by atoms with Crippen LogP contribution in [-0.2, 0) is 11.3 Å². The average Bonchev–Trinajstić information content (AvgIpc) is 2.36. The van der Waals surface area contributed by atoms with Crippen molar-refractivity contribution >= 4 is 23.2 Å². The van der Waals surface area contributed by atoms with Crippen LogP contribution in [0.3, 0.4) is 0 Å². The molecule has 1 rings (SSSR count). The molecular weight excluding hydrogens is 309 g/mol. The number of rotatable bonds is 8. The lowest BCUT2D eigenvalue weighted by Gasteiger charge is -2.24. The molecule has 0 spiro atoms. The minimum Gasteiger partial charge on any atom is -0.376 e. The Morgan fingerprint density at radius 2 is 1.95 bits per heavy atom. The molecule has 0 aliphatic heterocycles. The molecule has 0 atom stereocenters. The molecule has 0 aliphatic rings. The summed E-state index contributed by atoms with van der Waals surface area (Å²) in [6.07, 6.45) is 3.78. The van der Waals surface area contributed by atoms with Crippen LogP contribution in [0.2, 0.25) is 10.4 Å². The standard InChI is InChI=1S/C15H25Cl2N3O/c1-5-7-20(8-6-9-21-15(2,3)4)11-12-10-18-14(17)19-13(12)16/h10H,5-9,11H2,1-4H3. The van der Waals surface area contributed by atoms with E-state index in [-0.39, 0.29) is 10.9 Å². The molecule has 1 aromatic heterocycles. The molecule has 1 heterocycles. The molecule has 0 radical (unpaired) electrons. The fraction of sp³-hybridized carbons (Fsp3) is 0.733.